The summed E-state index contributed by atoms with van der Waals surface area (Å²) in [5, 5.41) is 20.8. The number of ether oxygens (including phenoxy) is 1. The molecular formula is C39H33NO5. The summed E-state index contributed by atoms with van der Waals surface area (Å²) in [6.07, 6.45) is -0.122. The summed E-state index contributed by atoms with van der Waals surface area (Å²) in [6, 6.07) is 44.7. The highest BCUT2D eigenvalue weighted by Crippen LogP contribution is 2.46. The zero-order chi connectivity index (χ0) is 31.4. The van der Waals surface area contributed by atoms with Crippen molar-refractivity contribution in [1.82, 2.24) is 0 Å². The summed E-state index contributed by atoms with van der Waals surface area (Å²) in [6.45, 7) is 0. The molecule has 224 valence electrons. The maximum absolute atomic E-state index is 13.2. The van der Waals surface area contributed by atoms with Gasteiger partial charge in [-0.05, 0) is 47.4 Å². The van der Waals surface area contributed by atoms with E-state index < -0.39 is 17.1 Å². The molecule has 1 N–H and O–H groups in total. The van der Waals surface area contributed by atoms with Gasteiger partial charge in [-0.3, -0.25) is 14.9 Å². The Bertz CT molecular complexity index is 1730. The molecule has 6 nitrogen and oxygen atoms in total. The van der Waals surface area contributed by atoms with Crippen LogP contribution >= 0.6 is 0 Å². The van der Waals surface area contributed by atoms with Crippen LogP contribution in [0.4, 0.5) is 5.69 Å². The topological polar surface area (TPSA) is 89.7 Å². The first kappa shape index (κ1) is 31.1. The van der Waals surface area contributed by atoms with Gasteiger partial charge in [0.25, 0.3) is 5.69 Å². The molecular weight excluding hydrogens is 562 g/mol. The number of ketones is 1. The molecule has 0 aromatic heterocycles. The second-order valence-corrected chi connectivity index (χ2v) is 10.7. The number of hydrogen-bond donors (Lipinski definition) is 1. The molecule has 0 radical (unpaired) electrons. The van der Waals surface area contributed by atoms with Crippen LogP contribution in [0, 0.1) is 27.9 Å². The highest BCUT2D eigenvalue weighted by atomic mass is 16.6. The fourth-order valence-corrected chi connectivity index (χ4v) is 5.29. The second-order valence-electron chi connectivity index (χ2n) is 10.7. The summed E-state index contributed by atoms with van der Waals surface area (Å²) < 4.78 is 6.30. The van der Waals surface area contributed by atoms with Gasteiger partial charge >= 0.3 is 0 Å². The van der Waals surface area contributed by atoms with Crippen molar-refractivity contribution in [2.75, 3.05) is 0 Å². The van der Waals surface area contributed by atoms with E-state index in [1.165, 1.54) is 12.1 Å². The van der Waals surface area contributed by atoms with Crippen LogP contribution in [0.2, 0.25) is 0 Å². The van der Waals surface area contributed by atoms with Crippen LogP contribution in [0.5, 0.6) is 0 Å². The van der Waals surface area contributed by atoms with Gasteiger partial charge in [0.05, 0.1) is 29.2 Å². The zero-order valence-corrected chi connectivity index (χ0v) is 24.6. The van der Waals surface area contributed by atoms with E-state index in [4.69, 9.17) is 4.74 Å². The Morgan fingerprint density at radius 1 is 0.778 bits per heavy atom. The van der Waals surface area contributed by atoms with E-state index in [0.717, 1.165) is 22.3 Å². The van der Waals surface area contributed by atoms with E-state index in [1.54, 1.807) is 12.1 Å². The lowest BCUT2D eigenvalue weighted by molar-refractivity contribution is -0.384. The molecule has 5 aromatic carbocycles. The monoisotopic (exact) mass is 595 g/mol. The third-order valence-electron chi connectivity index (χ3n) is 7.63. The number of nitrogens with zero attached hydrogens (tertiary/aromatic N) is 1. The van der Waals surface area contributed by atoms with Crippen LogP contribution in [-0.2, 0) is 4.74 Å². The van der Waals surface area contributed by atoms with Crippen LogP contribution in [-0.4, -0.2) is 15.8 Å². The van der Waals surface area contributed by atoms with E-state index in [-0.39, 0.29) is 23.5 Å². The number of benzene rings is 5. The summed E-state index contributed by atoms with van der Waals surface area (Å²) in [7, 11) is 0. The average molecular weight is 596 g/mol. The number of Topliss-reactive ketones (excluding diaryl/α,β-unsaturated/α-hetero) is 1. The molecule has 1 saturated heterocycles. The molecule has 1 heterocycles. The van der Waals surface area contributed by atoms with Crippen LogP contribution in [0.25, 0.3) is 0 Å². The first-order valence-electron chi connectivity index (χ1n) is 14.8. The number of aliphatic hydroxyl groups is 1. The number of non-ortho nitro benzene ring substituents is 1. The molecule has 4 atom stereocenters. The summed E-state index contributed by atoms with van der Waals surface area (Å²) in [4.78, 5) is 23.7. The Labute approximate surface area is 263 Å². The molecule has 1 unspecified atom stereocenters. The summed E-state index contributed by atoms with van der Waals surface area (Å²) >= 11 is 0. The smallest absolute Gasteiger partial charge is 0.269 e. The van der Waals surface area contributed by atoms with E-state index in [0.29, 0.717) is 18.4 Å². The van der Waals surface area contributed by atoms with E-state index in [1.807, 2.05) is 121 Å². The van der Waals surface area contributed by atoms with Crippen LogP contribution in [0.3, 0.4) is 0 Å². The fraction of sp³-hybridized carbons (Fsp3) is 0.154. The maximum atomic E-state index is 13.2. The maximum Gasteiger partial charge on any atom is 0.269 e. The molecule has 1 fully saturated rings. The van der Waals surface area contributed by atoms with Crippen molar-refractivity contribution in [3.63, 3.8) is 0 Å². The number of nitro groups is 1. The predicted octanol–water partition coefficient (Wildman–Crippen LogP) is 8.46. The normalized spacial score (nSPS) is 17.6. The van der Waals surface area contributed by atoms with Gasteiger partial charge in [0.1, 0.15) is 0 Å². The number of rotatable bonds is 7. The van der Waals surface area contributed by atoms with Gasteiger partial charge in [0, 0.05) is 29.7 Å². The molecule has 6 rings (SSSR count). The molecule has 0 amide bonds. The van der Waals surface area contributed by atoms with Gasteiger partial charge < -0.3 is 9.84 Å². The third kappa shape index (κ3) is 8.39. The first-order valence-corrected chi connectivity index (χ1v) is 14.8. The van der Waals surface area contributed by atoms with Crippen molar-refractivity contribution in [2.45, 2.75) is 31.2 Å². The van der Waals surface area contributed by atoms with Crippen molar-refractivity contribution >= 4 is 11.5 Å². The Morgan fingerprint density at radius 3 is 1.93 bits per heavy atom. The van der Waals surface area contributed by atoms with Crippen molar-refractivity contribution < 1.29 is 19.6 Å². The average Bonchev–Trinajstić information content (AvgIpc) is 3.55. The summed E-state index contributed by atoms with van der Waals surface area (Å²) in [5.41, 5.74) is 4.36. The SMILES string of the molecule is O=C(c1ccccc1)[C@H]1C[C@@H](c2ccccc2)O[C@H]1c1ccc([N+](=O)[O-])cc1.OC(CC#Cc1ccccc1)c1ccccc1. The van der Waals surface area contributed by atoms with Crippen LogP contribution in [0.15, 0.2) is 146 Å². The van der Waals surface area contributed by atoms with Crippen LogP contribution < -0.4 is 0 Å². The number of carbonyl (C=O) groups excluding carboxylic acids is 1. The second kappa shape index (κ2) is 15.4. The minimum absolute atomic E-state index is 0.0206. The Balaban J connectivity index is 0.000000201. The molecule has 1 aliphatic heterocycles. The predicted molar refractivity (Wildman–Crippen MR) is 174 cm³/mol. The molecule has 0 aliphatic carbocycles. The first-order chi connectivity index (χ1) is 22.0. The summed E-state index contributed by atoms with van der Waals surface area (Å²) in [5.74, 6) is 5.71. The van der Waals surface area contributed by atoms with Crippen molar-refractivity contribution in [1.29, 1.82) is 0 Å². The van der Waals surface area contributed by atoms with Gasteiger partial charge in [0.15, 0.2) is 5.78 Å². The van der Waals surface area contributed by atoms with E-state index >= 15 is 0 Å². The lowest BCUT2D eigenvalue weighted by Crippen LogP contribution is -2.18. The largest absolute Gasteiger partial charge is 0.387 e. The van der Waals surface area contributed by atoms with Gasteiger partial charge in [-0.2, -0.15) is 0 Å². The van der Waals surface area contributed by atoms with Gasteiger partial charge in [-0.1, -0.05) is 121 Å². The standard InChI is InChI=1S/C23H19NO4.C16H14O/c25-22(17-9-5-2-6-10-17)20-15-21(16-7-3-1-4-8-16)28-23(20)18-11-13-19(14-12-18)24(26)27;17-16(15-11-5-2-6-12-15)13-7-10-14-8-3-1-4-9-14/h1-14,20-21,23H,15H2;1-6,8-9,11-12,16-17H,13H2/t20-,21+,23+;/m1./s1. The van der Waals surface area contributed by atoms with Crippen molar-refractivity contribution in [2.24, 2.45) is 5.92 Å². The third-order valence-corrected chi connectivity index (χ3v) is 7.63. The fourth-order valence-electron chi connectivity index (χ4n) is 5.29. The molecule has 6 heteroatoms. The molecule has 1 aliphatic rings. The molecule has 0 bridgehead atoms. The van der Waals surface area contributed by atoms with Gasteiger partial charge in [-0.15, -0.1) is 0 Å². The molecule has 0 spiro atoms. The highest BCUT2D eigenvalue weighted by molar-refractivity contribution is 5.98. The van der Waals surface area contributed by atoms with Crippen molar-refractivity contribution in [3.8, 4) is 11.8 Å². The Hall–Kier alpha value is -5.35. The van der Waals surface area contributed by atoms with E-state index in [2.05, 4.69) is 11.8 Å². The van der Waals surface area contributed by atoms with E-state index in [9.17, 15) is 20.0 Å². The van der Waals surface area contributed by atoms with Gasteiger partial charge in [-0.25, -0.2) is 0 Å². The minimum Gasteiger partial charge on any atom is -0.387 e. The highest BCUT2D eigenvalue weighted by Gasteiger charge is 2.41. The number of aliphatic hydroxyl groups excluding tert-OH is 1. The van der Waals surface area contributed by atoms with Crippen molar-refractivity contribution in [3.05, 3.63) is 184 Å². The Morgan fingerprint density at radius 2 is 1.33 bits per heavy atom. The number of nitro benzene ring substituents is 1. The zero-order valence-electron chi connectivity index (χ0n) is 24.6. The Kier molecular flexibility index (Phi) is 10.6. The molecule has 5 aromatic rings. The number of hydrogen-bond acceptors (Lipinski definition) is 5. The molecule has 45 heavy (non-hydrogen) atoms. The minimum atomic E-state index is -0.507. The van der Waals surface area contributed by atoms with Gasteiger partial charge in [0.2, 0.25) is 0 Å². The van der Waals surface area contributed by atoms with Crippen LogP contribution in [0.1, 0.15) is 63.8 Å². The number of carbonyl (C=O) groups is 1. The quantitative estimate of drug-likeness (QED) is 0.0882. The lowest BCUT2D eigenvalue weighted by Gasteiger charge is -2.18. The lowest BCUT2D eigenvalue weighted by atomic mass is 9.86. The molecule has 0 saturated carbocycles.